The second-order valence-corrected chi connectivity index (χ2v) is 6.91. The number of allylic oxidation sites excluding steroid dienone is 2. The first-order valence-corrected chi connectivity index (χ1v) is 8.96. The van der Waals surface area contributed by atoms with Gasteiger partial charge in [-0.25, -0.2) is 0 Å². The number of hydrogen-bond donors (Lipinski definition) is 0. The van der Waals surface area contributed by atoms with E-state index < -0.39 is 0 Å². The number of nitrogens with zero attached hydrogens (tertiary/aromatic N) is 4. The molecule has 0 amide bonds. The van der Waals surface area contributed by atoms with Crippen LogP contribution in [0.2, 0.25) is 0 Å². The van der Waals surface area contributed by atoms with Crippen LogP contribution in [0.1, 0.15) is 31.2 Å². The van der Waals surface area contributed by atoms with Crippen molar-refractivity contribution >= 4 is 23.4 Å². The average molecular weight is 338 g/mol. The largest absolute Gasteiger partial charge is 0.334 e. The molecule has 1 aromatic heterocycles. The van der Waals surface area contributed by atoms with Gasteiger partial charge in [-0.2, -0.15) is 9.38 Å². The third kappa shape index (κ3) is 2.78. The summed E-state index contributed by atoms with van der Waals surface area (Å²) in [6.45, 7) is 5.30. The number of aromatic nitrogens is 2. The molecule has 122 valence electrons. The topological polar surface area (TPSA) is 54.5 Å². The monoisotopic (exact) mass is 338 g/mol. The molecule has 0 unspecified atom stereocenters. The van der Waals surface area contributed by atoms with Gasteiger partial charge in [0.1, 0.15) is 0 Å². The lowest BCUT2D eigenvalue weighted by molar-refractivity contribution is 0.428. The van der Waals surface area contributed by atoms with Gasteiger partial charge in [-0.3, -0.25) is 0 Å². The molecule has 0 atom stereocenters. The Kier molecular flexibility index (Phi) is 3.98. The highest BCUT2D eigenvalue weighted by atomic mass is 32.2. The summed E-state index contributed by atoms with van der Waals surface area (Å²) in [5, 5.41) is 4.16. The third-order valence-corrected chi connectivity index (χ3v) is 4.77. The molecule has 2 aliphatic rings. The maximum Gasteiger partial charge on any atom is 0.258 e. The molecule has 3 heterocycles. The van der Waals surface area contributed by atoms with Crippen LogP contribution in [0.4, 0.5) is 0 Å². The minimum atomic E-state index is 0.504. The van der Waals surface area contributed by atoms with Crippen LogP contribution in [0.15, 0.2) is 51.5 Å². The molecule has 5 nitrogen and oxygen atoms in total. The van der Waals surface area contributed by atoms with Crippen molar-refractivity contribution < 1.29 is 4.52 Å². The Bertz CT molecular complexity index is 833. The lowest BCUT2D eigenvalue weighted by Gasteiger charge is -2.27. The van der Waals surface area contributed by atoms with Gasteiger partial charge in [0.25, 0.3) is 5.89 Å². The van der Waals surface area contributed by atoms with Crippen molar-refractivity contribution in [3.63, 3.8) is 0 Å². The number of amidine groups is 1. The van der Waals surface area contributed by atoms with Crippen LogP contribution < -0.4 is 0 Å². The first-order valence-electron chi connectivity index (χ1n) is 8.02. The van der Waals surface area contributed by atoms with Gasteiger partial charge in [0.05, 0.1) is 5.57 Å². The lowest BCUT2D eigenvalue weighted by Crippen LogP contribution is -2.33. The van der Waals surface area contributed by atoms with Gasteiger partial charge in [0.2, 0.25) is 5.82 Å². The van der Waals surface area contributed by atoms with Gasteiger partial charge >= 0.3 is 0 Å². The van der Waals surface area contributed by atoms with Crippen LogP contribution in [0.25, 0.3) is 17.0 Å². The number of rotatable bonds is 3. The molecule has 0 saturated heterocycles. The van der Waals surface area contributed by atoms with Crippen LogP contribution in [0, 0.1) is 0 Å². The minimum absolute atomic E-state index is 0.504. The minimum Gasteiger partial charge on any atom is -0.334 e. The molecule has 0 N–H and O–H groups in total. The summed E-state index contributed by atoms with van der Waals surface area (Å²) in [5.41, 5.74) is 3.13. The highest BCUT2D eigenvalue weighted by Crippen LogP contribution is 2.28. The standard InChI is InChI=1S/C18H18N4OS/c1-12(2)13-5-7-14(8-6-13)18-19-16(20-23-18)15-4-3-9-22-10-11-24-21-17(15)22/h3-9,12H,10-11H2,1-2H3. The predicted octanol–water partition coefficient (Wildman–Crippen LogP) is 4.13. The number of fused-ring (bicyclic) bond motifs is 1. The molecule has 2 aliphatic heterocycles. The van der Waals surface area contributed by atoms with Crippen molar-refractivity contribution in [2.45, 2.75) is 19.8 Å². The van der Waals surface area contributed by atoms with Crippen LogP contribution in [-0.4, -0.2) is 33.2 Å². The van der Waals surface area contributed by atoms with E-state index in [0.29, 0.717) is 17.6 Å². The van der Waals surface area contributed by atoms with Crippen LogP contribution in [0.3, 0.4) is 0 Å². The second kappa shape index (κ2) is 6.28. The predicted molar refractivity (Wildman–Crippen MR) is 97.5 cm³/mol. The van der Waals surface area contributed by atoms with Gasteiger partial charge in [-0.15, -0.1) is 0 Å². The molecule has 1 aromatic carbocycles. The molecule has 0 saturated carbocycles. The Balaban J connectivity index is 1.64. The molecule has 6 heteroatoms. The van der Waals surface area contributed by atoms with Crippen molar-refractivity contribution in [3.05, 3.63) is 54.0 Å². The van der Waals surface area contributed by atoms with Gasteiger partial charge in [0, 0.05) is 24.1 Å². The number of benzene rings is 1. The molecular formula is C18H18N4OS. The van der Waals surface area contributed by atoms with E-state index >= 15 is 0 Å². The van der Waals surface area contributed by atoms with Crippen molar-refractivity contribution in [2.75, 3.05) is 12.3 Å². The van der Waals surface area contributed by atoms with E-state index in [1.54, 1.807) is 11.9 Å². The molecule has 0 radical (unpaired) electrons. The molecule has 0 aliphatic carbocycles. The summed E-state index contributed by atoms with van der Waals surface area (Å²) in [6, 6.07) is 8.27. The third-order valence-electron chi connectivity index (χ3n) is 4.11. The van der Waals surface area contributed by atoms with Crippen molar-refractivity contribution in [2.24, 2.45) is 4.40 Å². The first kappa shape index (κ1) is 15.2. The zero-order valence-electron chi connectivity index (χ0n) is 13.6. The van der Waals surface area contributed by atoms with Crippen LogP contribution in [0.5, 0.6) is 0 Å². The Labute approximate surface area is 145 Å². The highest BCUT2D eigenvalue weighted by Gasteiger charge is 2.25. The van der Waals surface area contributed by atoms with Crippen molar-refractivity contribution in [3.8, 4) is 11.5 Å². The second-order valence-electron chi connectivity index (χ2n) is 6.06. The quantitative estimate of drug-likeness (QED) is 0.788. The average Bonchev–Trinajstić information content (AvgIpc) is 3.11. The van der Waals surface area contributed by atoms with E-state index in [0.717, 1.165) is 29.3 Å². The van der Waals surface area contributed by atoms with Gasteiger partial charge in [-0.05, 0) is 47.7 Å². The summed E-state index contributed by atoms with van der Waals surface area (Å²) in [6.07, 6.45) is 6.02. The summed E-state index contributed by atoms with van der Waals surface area (Å²) in [7, 11) is 0. The molecular weight excluding hydrogens is 320 g/mol. The highest BCUT2D eigenvalue weighted by molar-refractivity contribution is 7.98. The van der Waals surface area contributed by atoms with Crippen molar-refractivity contribution in [1.29, 1.82) is 0 Å². The maximum absolute atomic E-state index is 5.48. The number of hydrogen-bond acceptors (Lipinski definition) is 6. The van der Waals surface area contributed by atoms with Gasteiger partial charge in [-0.1, -0.05) is 31.1 Å². The van der Waals surface area contributed by atoms with Crippen molar-refractivity contribution in [1.82, 2.24) is 15.0 Å². The fourth-order valence-corrected chi connectivity index (χ4v) is 3.40. The maximum atomic E-state index is 5.48. The SMILES string of the molecule is CC(C)c1ccc(-c2nc(C3=CC=CN4CCSN=C34)no2)cc1. The van der Waals surface area contributed by atoms with Gasteiger partial charge in [0.15, 0.2) is 5.84 Å². The molecule has 0 spiro atoms. The van der Waals surface area contributed by atoms with Crippen LogP contribution >= 0.6 is 11.9 Å². The summed E-state index contributed by atoms with van der Waals surface area (Å²) < 4.78 is 10.0. The Morgan fingerprint density at radius 2 is 2.04 bits per heavy atom. The fourth-order valence-electron chi connectivity index (χ4n) is 2.71. The van der Waals surface area contributed by atoms with E-state index in [-0.39, 0.29) is 0 Å². The van der Waals surface area contributed by atoms with Crippen LogP contribution in [-0.2, 0) is 0 Å². The molecule has 4 rings (SSSR count). The zero-order valence-corrected chi connectivity index (χ0v) is 14.5. The summed E-state index contributed by atoms with van der Waals surface area (Å²) in [4.78, 5) is 6.70. The van der Waals surface area contributed by atoms with E-state index in [1.807, 2.05) is 30.5 Å². The van der Waals surface area contributed by atoms with Gasteiger partial charge < -0.3 is 9.42 Å². The molecule has 0 fully saturated rings. The molecule has 2 aromatic rings. The Hall–Kier alpha value is -2.34. The zero-order chi connectivity index (χ0) is 16.5. The Morgan fingerprint density at radius 3 is 2.83 bits per heavy atom. The smallest absolute Gasteiger partial charge is 0.258 e. The van der Waals surface area contributed by atoms with E-state index in [1.165, 1.54) is 5.56 Å². The summed E-state index contributed by atoms with van der Waals surface area (Å²) in [5.74, 6) is 3.50. The lowest BCUT2D eigenvalue weighted by atomic mass is 10.0. The first-order chi connectivity index (χ1) is 11.7. The van der Waals surface area contributed by atoms with E-state index in [4.69, 9.17) is 4.52 Å². The van der Waals surface area contributed by atoms with E-state index in [9.17, 15) is 0 Å². The fraction of sp³-hybridized carbons (Fsp3) is 0.278. The van der Waals surface area contributed by atoms with E-state index in [2.05, 4.69) is 45.4 Å². The normalized spacial score (nSPS) is 16.9. The Morgan fingerprint density at radius 1 is 1.21 bits per heavy atom. The molecule has 24 heavy (non-hydrogen) atoms. The molecule has 0 bridgehead atoms. The summed E-state index contributed by atoms with van der Waals surface area (Å²) >= 11 is 1.57.